The third-order valence-electron chi connectivity index (χ3n) is 13.7. The molecule has 1 aromatic heterocycles. The highest BCUT2D eigenvalue weighted by atomic mass is 19.4. The number of alkyl halides is 3. The Morgan fingerprint density at radius 2 is 1.49 bits per heavy atom. The van der Waals surface area contributed by atoms with Gasteiger partial charge in [-0.05, 0) is 111 Å². The van der Waals surface area contributed by atoms with Crippen molar-refractivity contribution in [3.8, 4) is 6.07 Å². The first-order valence-corrected chi connectivity index (χ1v) is 21.9. The summed E-state index contributed by atoms with van der Waals surface area (Å²) in [6.45, 7) is 7.56. The smallest absolute Gasteiger partial charge is 0.371 e. The van der Waals surface area contributed by atoms with Crippen molar-refractivity contribution in [2.24, 2.45) is 23.7 Å². The molecule has 4 fully saturated rings. The summed E-state index contributed by atoms with van der Waals surface area (Å²) in [5, 5.41) is 14.5. The summed E-state index contributed by atoms with van der Waals surface area (Å²) >= 11 is 0. The topological polar surface area (TPSA) is 162 Å². The van der Waals surface area contributed by atoms with Crippen molar-refractivity contribution in [1.29, 1.82) is 5.26 Å². The number of anilines is 4. The number of pyridine rings is 1. The van der Waals surface area contributed by atoms with Crippen LogP contribution in [-0.2, 0) is 20.6 Å². The van der Waals surface area contributed by atoms with Crippen LogP contribution in [0.1, 0.15) is 76.8 Å². The van der Waals surface area contributed by atoms with Crippen LogP contribution in [0.4, 0.5) is 36.1 Å². The number of halogens is 3. The molecule has 0 radical (unpaired) electrons. The maximum atomic E-state index is 13.5. The standard InChI is InChI=1S/C46H52F3N9O5/c1-51-43(61)40(3-2-20-59)58-44(62)37-8-6-34(21-38(37)45(58)63)57-27-32-25-54(26-33(32)28-57)15-10-29-11-16-56(17-12-29)36-7-9-41(52-24-36)53-42(60)30-13-18-55(19-14-30)35-5-4-31(23-50)39(22-35)46(47,48)49/h4-9,20-22,24,29-30,32-33,40H,2-3,10-19,25-28H2,1H3,(H,51,61)(H,52,53,60). The van der Waals surface area contributed by atoms with E-state index in [1.165, 1.54) is 19.2 Å². The molecule has 3 atom stereocenters. The molecule has 5 aliphatic heterocycles. The number of hydrogen-bond acceptors (Lipinski definition) is 11. The Labute approximate surface area is 364 Å². The summed E-state index contributed by atoms with van der Waals surface area (Å²) < 4.78 is 40.5. The number of hydrogen-bond donors (Lipinski definition) is 2. The molecule has 14 nitrogen and oxygen atoms in total. The molecule has 63 heavy (non-hydrogen) atoms. The molecule has 0 aliphatic carbocycles. The molecule has 0 saturated carbocycles. The van der Waals surface area contributed by atoms with E-state index in [0.29, 0.717) is 67.0 Å². The van der Waals surface area contributed by atoms with E-state index in [0.717, 1.165) is 87.4 Å². The lowest BCUT2D eigenvalue weighted by atomic mass is 9.93. The van der Waals surface area contributed by atoms with Gasteiger partial charge >= 0.3 is 6.18 Å². The zero-order valence-electron chi connectivity index (χ0n) is 35.3. The number of fused-ring (bicyclic) bond motifs is 2. The molecule has 5 aliphatic rings. The molecular formula is C46H52F3N9O5. The highest BCUT2D eigenvalue weighted by Crippen LogP contribution is 2.38. The average Bonchev–Trinajstić information content (AvgIpc) is 3.95. The molecule has 17 heteroatoms. The third kappa shape index (κ3) is 9.22. The Morgan fingerprint density at radius 3 is 2.13 bits per heavy atom. The second kappa shape index (κ2) is 18.4. The molecular weight excluding hydrogens is 816 g/mol. The number of benzene rings is 2. The first-order valence-electron chi connectivity index (χ1n) is 21.9. The first kappa shape index (κ1) is 43.6. The Hall–Kier alpha value is -6.02. The number of nitriles is 1. The molecule has 2 aromatic carbocycles. The number of nitrogens with zero attached hydrogens (tertiary/aromatic N) is 7. The predicted molar refractivity (Wildman–Crippen MR) is 229 cm³/mol. The molecule has 8 rings (SSSR count). The Morgan fingerprint density at radius 1 is 0.857 bits per heavy atom. The number of carbonyl (C=O) groups excluding carboxylic acids is 5. The van der Waals surface area contributed by atoms with Gasteiger partial charge in [-0.15, -0.1) is 0 Å². The number of aromatic nitrogens is 1. The lowest BCUT2D eigenvalue weighted by Crippen LogP contribution is -2.48. The molecule has 4 amide bonds. The zero-order chi connectivity index (χ0) is 44.4. The van der Waals surface area contributed by atoms with Crippen molar-refractivity contribution in [2.45, 2.75) is 57.2 Å². The summed E-state index contributed by atoms with van der Waals surface area (Å²) in [5.41, 5.74) is 1.52. The number of likely N-dealkylation sites (N-methyl/N-ethyl adjacent to an activating group) is 1. The number of carbonyl (C=O) groups is 5. The van der Waals surface area contributed by atoms with E-state index in [1.807, 2.05) is 23.1 Å². The van der Waals surface area contributed by atoms with Gasteiger partial charge in [-0.25, -0.2) is 4.98 Å². The Kier molecular flexibility index (Phi) is 12.7. The van der Waals surface area contributed by atoms with E-state index in [4.69, 9.17) is 5.26 Å². The molecule has 3 unspecified atom stereocenters. The molecule has 0 spiro atoms. The molecule has 4 saturated heterocycles. The molecule has 6 heterocycles. The maximum Gasteiger partial charge on any atom is 0.417 e. The van der Waals surface area contributed by atoms with Crippen molar-refractivity contribution in [1.82, 2.24) is 20.1 Å². The van der Waals surface area contributed by atoms with E-state index in [2.05, 4.69) is 30.3 Å². The van der Waals surface area contributed by atoms with E-state index in [-0.39, 0.29) is 30.2 Å². The van der Waals surface area contributed by atoms with Crippen LogP contribution in [-0.4, -0.2) is 117 Å². The number of imide groups is 1. The molecule has 2 N–H and O–H groups in total. The van der Waals surface area contributed by atoms with E-state index in [9.17, 15) is 37.1 Å². The van der Waals surface area contributed by atoms with Crippen LogP contribution in [0.15, 0.2) is 54.7 Å². The summed E-state index contributed by atoms with van der Waals surface area (Å²) in [6.07, 6.45) is 2.27. The fourth-order valence-corrected chi connectivity index (χ4v) is 10.2. The van der Waals surface area contributed by atoms with Crippen LogP contribution < -0.4 is 25.3 Å². The van der Waals surface area contributed by atoms with Crippen molar-refractivity contribution in [2.75, 3.05) is 86.0 Å². The second-order valence-corrected chi connectivity index (χ2v) is 17.5. The van der Waals surface area contributed by atoms with Gasteiger partial charge in [0.15, 0.2) is 0 Å². The monoisotopic (exact) mass is 867 g/mol. The SMILES string of the molecule is CNC(=O)C(CCC=O)N1C(=O)c2ccc(N3CC4CN(CCC5CCN(c6ccc(NC(=O)C7CCN(c8ccc(C#N)c(C(F)(F)F)c8)CC7)nc6)CC5)CC4C3)cc2C1=O. The summed E-state index contributed by atoms with van der Waals surface area (Å²) in [6, 6.07) is 13.5. The largest absolute Gasteiger partial charge is 0.417 e. The highest BCUT2D eigenvalue weighted by Gasteiger charge is 2.44. The minimum absolute atomic E-state index is 0.0599. The zero-order valence-corrected chi connectivity index (χ0v) is 35.3. The number of rotatable bonds is 13. The summed E-state index contributed by atoms with van der Waals surface area (Å²) in [4.78, 5) is 78.0. The minimum Gasteiger partial charge on any atom is -0.371 e. The Balaban J connectivity index is 0.749. The third-order valence-corrected chi connectivity index (χ3v) is 13.7. The number of amides is 4. The fraction of sp³-hybridized carbons (Fsp3) is 0.500. The van der Waals surface area contributed by atoms with Gasteiger partial charge in [0, 0.05) is 83.1 Å². The minimum atomic E-state index is -4.63. The van der Waals surface area contributed by atoms with Crippen LogP contribution in [0, 0.1) is 35.0 Å². The van der Waals surface area contributed by atoms with Gasteiger partial charge in [-0.2, -0.15) is 18.4 Å². The van der Waals surface area contributed by atoms with Crippen LogP contribution in [0.3, 0.4) is 0 Å². The van der Waals surface area contributed by atoms with Gasteiger partial charge in [0.1, 0.15) is 18.1 Å². The number of nitrogens with one attached hydrogen (secondary N) is 2. The van der Waals surface area contributed by atoms with Gasteiger partial charge < -0.3 is 35.0 Å². The summed E-state index contributed by atoms with van der Waals surface area (Å²) in [5.74, 6) is 0.192. The normalized spacial score (nSPS) is 21.3. The van der Waals surface area contributed by atoms with Gasteiger partial charge in [-0.3, -0.25) is 24.1 Å². The van der Waals surface area contributed by atoms with Crippen molar-refractivity contribution >= 4 is 52.8 Å². The molecule has 0 bridgehead atoms. The van der Waals surface area contributed by atoms with Crippen LogP contribution in [0.25, 0.3) is 0 Å². The molecule has 332 valence electrons. The van der Waals surface area contributed by atoms with E-state index >= 15 is 0 Å². The van der Waals surface area contributed by atoms with Crippen LogP contribution >= 0.6 is 0 Å². The van der Waals surface area contributed by atoms with Crippen molar-refractivity contribution in [3.63, 3.8) is 0 Å². The van der Waals surface area contributed by atoms with Gasteiger partial charge in [-0.1, -0.05) is 0 Å². The lowest BCUT2D eigenvalue weighted by molar-refractivity contribution is -0.137. The summed E-state index contributed by atoms with van der Waals surface area (Å²) in [7, 11) is 1.44. The van der Waals surface area contributed by atoms with Gasteiger partial charge in [0.05, 0.1) is 40.2 Å². The predicted octanol–water partition coefficient (Wildman–Crippen LogP) is 5.19. The second-order valence-electron chi connectivity index (χ2n) is 17.5. The molecule has 3 aromatic rings. The first-order chi connectivity index (χ1) is 30.3. The van der Waals surface area contributed by atoms with E-state index in [1.54, 1.807) is 24.4 Å². The van der Waals surface area contributed by atoms with Crippen LogP contribution in [0.5, 0.6) is 0 Å². The van der Waals surface area contributed by atoms with E-state index < -0.39 is 41.1 Å². The van der Waals surface area contributed by atoms with Crippen molar-refractivity contribution in [3.05, 3.63) is 77.0 Å². The fourth-order valence-electron chi connectivity index (χ4n) is 10.2. The van der Waals surface area contributed by atoms with Crippen LogP contribution in [0.2, 0.25) is 0 Å². The quantitative estimate of drug-likeness (QED) is 0.172. The van der Waals surface area contributed by atoms with Crippen molar-refractivity contribution < 1.29 is 37.1 Å². The Bertz CT molecular complexity index is 2250. The highest BCUT2D eigenvalue weighted by molar-refractivity contribution is 6.23. The average molecular weight is 868 g/mol. The number of likely N-dealkylation sites (tertiary alicyclic amines) is 1. The number of piperidine rings is 2. The van der Waals surface area contributed by atoms with Gasteiger partial charge in [0.25, 0.3) is 11.8 Å². The van der Waals surface area contributed by atoms with Gasteiger partial charge in [0.2, 0.25) is 11.8 Å². The maximum absolute atomic E-state index is 13.5. The lowest BCUT2D eigenvalue weighted by Gasteiger charge is -2.34. The number of aldehydes is 1.